The number of aliphatic carboxylic acids is 1. The molecule has 4 rings (SSSR count). The molecule has 0 spiro atoms. The van der Waals surface area contributed by atoms with Gasteiger partial charge in [0.25, 0.3) is 0 Å². The van der Waals surface area contributed by atoms with Gasteiger partial charge in [0.05, 0.1) is 23.8 Å². The van der Waals surface area contributed by atoms with Crippen LogP contribution in [0.25, 0.3) is 21.7 Å². The number of amides is 1. The van der Waals surface area contributed by atoms with Crippen molar-refractivity contribution in [3.63, 3.8) is 0 Å². The number of ether oxygens (including phenoxy) is 1. The quantitative estimate of drug-likeness (QED) is 0.0792. The third-order valence-electron chi connectivity index (χ3n) is 7.11. The van der Waals surface area contributed by atoms with E-state index in [0.717, 1.165) is 27.6 Å². The molecule has 0 saturated carbocycles. The number of carbonyl (C=O) groups excluding carboxylic acids is 1. The van der Waals surface area contributed by atoms with Crippen molar-refractivity contribution >= 4 is 77.2 Å². The number of nitriles is 2. The molecule has 2 aromatic carbocycles. The summed E-state index contributed by atoms with van der Waals surface area (Å²) in [5.74, 6) is -0.779. The van der Waals surface area contributed by atoms with Crippen LogP contribution in [0.5, 0.6) is 5.75 Å². The number of aromatic nitrogens is 2. The van der Waals surface area contributed by atoms with Gasteiger partial charge in [0, 0.05) is 27.3 Å². The molecule has 12 nitrogen and oxygen atoms in total. The van der Waals surface area contributed by atoms with Crippen molar-refractivity contribution in [2.75, 3.05) is 32.0 Å². The number of rotatable bonds is 16. The second-order valence-electron chi connectivity index (χ2n) is 10.5. The van der Waals surface area contributed by atoms with Crippen LogP contribution < -0.4 is 21.9 Å². The normalized spacial score (nSPS) is 10.9. The molecule has 1 atom stereocenters. The van der Waals surface area contributed by atoms with Gasteiger partial charge >= 0.3 is 5.97 Å². The average molecular weight is 778 g/mol. The Morgan fingerprint density at radius 3 is 2.30 bits per heavy atom. The number of nitrogen functional groups attached to an aromatic ring is 1. The van der Waals surface area contributed by atoms with Crippen molar-refractivity contribution in [2.24, 2.45) is 11.5 Å². The number of pyridine rings is 1. The molecule has 2 heterocycles. The summed E-state index contributed by atoms with van der Waals surface area (Å²) in [6, 6.07) is 17.5. The van der Waals surface area contributed by atoms with Gasteiger partial charge in [0.1, 0.15) is 52.5 Å². The first-order valence-electron chi connectivity index (χ1n) is 14.8. The minimum atomic E-state index is -1.16. The number of thiazole rings is 1. The summed E-state index contributed by atoms with van der Waals surface area (Å²) >= 11 is 8.79. The van der Waals surface area contributed by atoms with Gasteiger partial charge in [-0.3, -0.25) is 9.59 Å². The summed E-state index contributed by atoms with van der Waals surface area (Å²) in [4.78, 5) is 34.4. The Bertz CT molecular complexity index is 1830. The molecule has 7 N–H and O–H groups in total. The lowest BCUT2D eigenvalue weighted by atomic mass is 9.97. The van der Waals surface area contributed by atoms with Gasteiger partial charge in [-0.15, -0.1) is 36.2 Å². The van der Waals surface area contributed by atoms with Crippen molar-refractivity contribution in [3.05, 3.63) is 75.8 Å². The van der Waals surface area contributed by atoms with Gasteiger partial charge in [-0.25, -0.2) is 9.97 Å². The monoisotopic (exact) mass is 776 g/mol. The number of anilines is 1. The van der Waals surface area contributed by atoms with Crippen LogP contribution in [0.3, 0.4) is 0 Å². The van der Waals surface area contributed by atoms with Gasteiger partial charge in [-0.1, -0.05) is 54.0 Å². The lowest BCUT2D eigenvalue weighted by Gasteiger charge is -2.24. The van der Waals surface area contributed by atoms with Crippen LogP contribution in [-0.2, 0) is 15.3 Å². The topological polar surface area (TPSA) is 218 Å². The molecule has 17 heteroatoms. The molecule has 0 aliphatic heterocycles. The van der Waals surface area contributed by atoms with Crippen molar-refractivity contribution in [1.29, 1.82) is 10.5 Å². The van der Waals surface area contributed by atoms with E-state index < -0.39 is 24.5 Å². The van der Waals surface area contributed by atoms with Crippen LogP contribution in [0.2, 0.25) is 5.02 Å². The highest BCUT2D eigenvalue weighted by molar-refractivity contribution is 7.98. The first-order chi connectivity index (χ1) is 23.1. The molecule has 0 bridgehead atoms. The number of benzene rings is 2. The van der Waals surface area contributed by atoms with E-state index in [0.29, 0.717) is 52.1 Å². The van der Waals surface area contributed by atoms with Crippen LogP contribution in [0.1, 0.15) is 36.1 Å². The van der Waals surface area contributed by atoms with Crippen molar-refractivity contribution in [2.45, 2.75) is 36.1 Å². The molecule has 0 unspecified atom stereocenters. The standard InChI is InChI=1S/C33H33ClN8O4S2.2ClH/c34-22-8-4-21(5-9-22)31-40-23(18-47-31)19-48-32-26(16-37)29(25(15-36)30(39)41-32)20-6-10-24(11-7-20)46-14-13-42(17-28(43)44)33(45)27(38)3-1-2-12-35;;/h4-11,18,27H,1-3,12-14,17,19,35,38H2,(H2,39,41)(H,43,44);2*1H/t27-;;/m0../s1. The Labute approximate surface area is 315 Å². The van der Waals surface area contributed by atoms with E-state index in [2.05, 4.69) is 17.1 Å². The smallest absolute Gasteiger partial charge is 0.323 e. The summed E-state index contributed by atoms with van der Waals surface area (Å²) in [7, 11) is 0. The molecule has 0 aliphatic carbocycles. The van der Waals surface area contributed by atoms with Gasteiger partial charge in [0.15, 0.2) is 0 Å². The number of nitrogens with two attached hydrogens (primary N) is 3. The second kappa shape index (κ2) is 20.5. The number of thioether (sulfide) groups is 1. The molecule has 2 aromatic heterocycles. The first-order valence-corrected chi connectivity index (χ1v) is 17.1. The van der Waals surface area contributed by atoms with Gasteiger partial charge in [-0.2, -0.15) is 10.5 Å². The summed E-state index contributed by atoms with van der Waals surface area (Å²) in [5, 5.41) is 33.2. The fourth-order valence-electron chi connectivity index (χ4n) is 4.72. The predicted octanol–water partition coefficient (Wildman–Crippen LogP) is 5.74. The zero-order valence-electron chi connectivity index (χ0n) is 26.6. The maximum absolute atomic E-state index is 12.8. The van der Waals surface area contributed by atoms with E-state index in [1.807, 2.05) is 17.5 Å². The van der Waals surface area contributed by atoms with Gasteiger partial charge < -0.3 is 31.9 Å². The lowest BCUT2D eigenvalue weighted by Crippen LogP contribution is -2.47. The van der Waals surface area contributed by atoms with Gasteiger partial charge in [0.2, 0.25) is 5.91 Å². The number of hydrogen-bond donors (Lipinski definition) is 4. The number of hydrogen-bond acceptors (Lipinski definition) is 12. The number of unbranched alkanes of at least 4 members (excludes halogenated alkanes) is 1. The molecule has 0 radical (unpaired) electrons. The number of halogens is 3. The third-order valence-corrected chi connectivity index (χ3v) is 9.31. The molecule has 0 saturated heterocycles. The summed E-state index contributed by atoms with van der Waals surface area (Å²) in [6.07, 6.45) is 1.78. The minimum Gasteiger partial charge on any atom is -0.492 e. The van der Waals surface area contributed by atoms with E-state index in [-0.39, 0.29) is 54.9 Å². The highest BCUT2D eigenvalue weighted by atomic mass is 35.5. The first kappa shape index (κ1) is 42.0. The fraction of sp³-hybridized carbons (Fsp3) is 0.273. The number of carbonyl (C=O) groups is 2. The highest BCUT2D eigenvalue weighted by Crippen LogP contribution is 2.37. The molecule has 1 amide bonds. The number of carboxylic acid groups (broad SMARTS) is 1. The van der Waals surface area contributed by atoms with Crippen LogP contribution in [0, 0.1) is 22.7 Å². The van der Waals surface area contributed by atoms with Crippen molar-refractivity contribution in [3.8, 4) is 39.6 Å². The Hall–Kier alpha value is -4.12. The Morgan fingerprint density at radius 2 is 1.68 bits per heavy atom. The predicted molar refractivity (Wildman–Crippen MR) is 201 cm³/mol. The lowest BCUT2D eigenvalue weighted by molar-refractivity contribution is -0.145. The molecule has 4 aromatic rings. The van der Waals surface area contributed by atoms with Gasteiger partial charge in [-0.05, 0) is 49.2 Å². The van der Waals surface area contributed by atoms with E-state index in [1.54, 1.807) is 36.4 Å². The highest BCUT2D eigenvalue weighted by Gasteiger charge is 2.23. The Morgan fingerprint density at radius 1 is 1.02 bits per heavy atom. The van der Waals surface area contributed by atoms with E-state index >= 15 is 0 Å². The summed E-state index contributed by atoms with van der Waals surface area (Å²) in [5.41, 5.74) is 20.6. The molecular weight excluding hydrogens is 743 g/mol. The fourth-order valence-corrected chi connectivity index (χ4v) is 6.67. The van der Waals surface area contributed by atoms with Crippen molar-refractivity contribution in [1.82, 2.24) is 14.9 Å². The third kappa shape index (κ3) is 11.2. The molecular formula is C33H35Cl3N8O4S2. The SMILES string of the molecule is Cl.Cl.N#Cc1c(N)nc(SCc2csc(-c3ccc(Cl)cc3)n2)c(C#N)c1-c1ccc(OCCN(CC(=O)O)C(=O)[C@@H](N)CCCCN)cc1. The van der Waals surface area contributed by atoms with E-state index in [4.69, 9.17) is 38.5 Å². The van der Waals surface area contributed by atoms with Crippen LogP contribution >= 0.6 is 59.5 Å². The summed E-state index contributed by atoms with van der Waals surface area (Å²) < 4.78 is 5.80. The molecule has 50 heavy (non-hydrogen) atoms. The summed E-state index contributed by atoms with van der Waals surface area (Å²) in [6.45, 7) is 0.00290. The van der Waals surface area contributed by atoms with Crippen molar-refractivity contribution < 1.29 is 19.4 Å². The van der Waals surface area contributed by atoms with Crippen LogP contribution in [-0.4, -0.2) is 64.1 Å². The second-order valence-corrected chi connectivity index (χ2v) is 12.8. The minimum absolute atomic E-state index is 0. The molecule has 0 fully saturated rings. The number of nitrogens with zero attached hydrogens (tertiary/aromatic N) is 5. The molecule has 0 aliphatic rings. The maximum atomic E-state index is 12.8. The van der Waals surface area contributed by atoms with E-state index in [9.17, 15) is 25.2 Å². The Balaban J connectivity index is 0.00000433. The van der Waals surface area contributed by atoms with Crippen LogP contribution in [0.15, 0.2) is 58.9 Å². The van der Waals surface area contributed by atoms with E-state index in [1.165, 1.54) is 23.1 Å². The zero-order chi connectivity index (χ0) is 34.6. The number of carboxylic acids is 1. The largest absolute Gasteiger partial charge is 0.492 e. The average Bonchev–Trinajstić information content (AvgIpc) is 3.56. The molecule has 264 valence electrons. The van der Waals surface area contributed by atoms with Crippen LogP contribution in [0.4, 0.5) is 5.82 Å². The Kier molecular flexibility index (Phi) is 17.3. The maximum Gasteiger partial charge on any atom is 0.323 e. The zero-order valence-corrected chi connectivity index (χ0v) is 30.6.